The van der Waals surface area contributed by atoms with Crippen molar-refractivity contribution in [3.05, 3.63) is 0 Å². The third-order valence-corrected chi connectivity index (χ3v) is 3.20. The van der Waals surface area contributed by atoms with Gasteiger partial charge in [0.25, 0.3) is 0 Å². The fourth-order valence-corrected chi connectivity index (χ4v) is 2.11. The molecule has 2 heteroatoms. The molecule has 1 rings (SSSR count). The van der Waals surface area contributed by atoms with Gasteiger partial charge in [-0.05, 0) is 39.5 Å². The van der Waals surface area contributed by atoms with Crippen LogP contribution < -0.4 is 5.32 Å². The Bertz CT molecular complexity index is 160. The SMILES string of the molecule is CC(C)[C@H](C)NC1C[C@@H](C)O[C@H](C)C1. The van der Waals surface area contributed by atoms with Crippen molar-refractivity contribution >= 4 is 0 Å². The van der Waals surface area contributed by atoms with E-state index in [9.17, 15) is 0 Å². The van der Waals surface area contributed by atoms with Crippen LogP contribution in [0.5, 0.6) is 0 Å². The van der Waals surface area contributed by atoms with Crippen LogP contribution in [0.25, 0.3) is 0 Å². The lowest BCUT2D eigenvalue weighted by Crippen LogP contribution is -2.46. The van der Waals surface area contributed by atoms with Gasteiger partial charge in [-0.1, -0.05) is 13.8 Å². The summed E-state index contributed by atoms with van der Waals surface area (Å²) in [6, 6.07) is 1.25. The van der Waals surface area contributed by atoms with Gasteiger partial charge < -0.3 is 10.1 Å². The van der Waals surface area contributed by atoms with Crippen molar-refractivity contribution in [3.63, 3.8) is 0 Å². The second kappa shape index (κ2) is 5.13. The average Bonchev–Trinajstić information content (AvgIpc) is 2.01. The summed E-state index contributed by atoms with van der Waals surface area (Å²) in [5, 5.41) is 3.70. The molecule has 0 aromatic carbocycles. The van der Waals surface area contributed by atoms with Crippen LogP contribution in [0.1, 0.15) is 47.5 Å². The Hall–Kier alpha value is -0.0800. The molecule has 0 aromatic heterocycles. The van der Waals surface area contributed by atoms with Gasteiger partial charge in [-0.25, -0.2) is 0 Å². The number of hydrogen-bond acceptors (Lipinski definition) is 2. The highest BCUT2D eigenvalue weighted by Crippen LogP contribution is 2.20. The van der Waals surface area contributed by atoms with E-state index in [1.54, 1.807) is 0 Å². The van der Waals surface area contributed by atoms with Gasteiger partial charge in [0, 0.05) is 12.1 Å². The Morgan fingerprint density at radius 1 is 1.07 bits per heavy atom. The van der Waals surface area contributed by atoms with Crippen LogP contribution in [0, 0.1) is 5.92 Å². The molecule has 0 spiro atoms. The third-order valence-electron chi connectivity index (χ3n) is 3.20. The molecular weight excluding hydrogens is 174 g/mol. The lowest BCUT2D eigenvalue weighted by atomic mass is 9.97. The predicted octanol–water partition coefficient (Wildman–Crippen LogP) is 2.58. The fourth-order valence-electron chi connectivity index (χ4n) is 2.11. The molecule has 1 heterocycles. The van der Waals surface area contributed by atoms with E-state index in [0.717, 1.165) is 12.8 Å². The summed E-state index contributed by atoms with van der Waals surface area (Å²) in [6.07, 6.45) is 3.13. The second-order valence-corrected chi connectivity index (χ2v) is 5.13. The summed E-state index contributed by atoms with van der Waals surface area (Å²) >= 11 is 0. The fraction of sp³-hybridized carbons (Fsp3) is 1.00. The largest absolute Gasteiger partial charge is 0.375 e. The third kappa shape index (κ3) is 3.58. The van der Waals surface area contributed by atoms with Crippen LogP contribution in [0.15, 0.2) is 0 Å². The van der Waals surface area contributed by atoms with E-state index < -0.39 is 0 Å². The van der Waals surface area contributed by atoms with Crippen LogP contribution in [-0.2, 0) is 4.74 Å². The highest BCUT2D eigenvalue weighted by atomic mass is 16.5. The Morgan fingerprint density at radius 3 is 2.00 bits per heavy atom. The van der Waals surface area contributed by atoms with Crippen LogP contribution in [-0.4, -0.2) is 24.3 Å². The van der Waals surface area contributed by atoms with Crippen molar-refractivity contribution in [2.24, 2.45) is 5.92 Å². The lowest BCUT2D eigenvalue weighted by Gasteiger charge is -2.35. The van der Waals surface area contributed by atoms with E-state index in [4.69, 9.17) is 4.74 Å². The maximum atomic E-state index is 5.72. The van der Waals surface area contributed by atoms with E-state index in [2.05, 4.69) is 39.9 Å². The average molecular weight is 199 g/mol. The van der Waals surface area contributed by atoms with Crippen molar-refractivity contribution < 1.29 is 4.74 Å². The van der Waals surface area contributed by atoms with Crippen molar-refractivity contribution in [1.82, 2.24) is 5.32 Å². The Balaban J connectivity index is 2.36. The monoisotopic (exact) mass is 199 g/mol. The van der Waals surface area contributed by atoms with E-state index in [0.29, 0.717) is 30.2 Å². The molecule has 1 fully saturated rings. The zero-order valence-electron chi connectivity index (χ0n) is 10.2. The standard InChI is InChI=1S/C12H25NO/c1-8(2)11(5)13-12-6-9(3)14-10(4)7-12/h8-13H,6-7H2,1-5H3/t9-,10-,11+/m1/s1. The first-order chi connectivity index (χ1) is 6.49. The quantitative estimate of drug-likeness (QED) is 0.754. The molecule has 1 N–H and O–H groups in total. The van der Waals surface area contributed by atoms with E-state index >= 15 is 0 Å². The minimum Gasteiger partial charge on any atom is -0.375 e. The van der Waals surface area contributed by atoms with E-state index in [1.165, 1.54) is 0 Å². The minimum absolute atomic E-state index is 0.413. The zero-order chi connectivity index (χ0) is 10.7. The van der Waals surface area contributed by atoms with E-state index in [1.807, 2.05) is 0 Å². The Morgan fingerprint density at radius 2 is 1.57 bits per heavy atom. The van der Waals surface area contributed by atoms with Crippen molar-refractivity contribution in [2.45, 2.75) is 71.8 Å². The molecule has 0 radical (unpaired) electrons. The Kier molecular flexibility index (Phi) is 4.39. The van der Waals surface area contributed by atoms with Gasteiger partial charge in [0.1, 0.15) is 0 Å². The molecule has 84 valence electrons. The molecule has 3 atom stereocenters. The maximum Gasteiger partial charge on any atom is 0.0565 e. The summed E-state index contributed by atoms with van der Waals surface area (Å²) in [5.41, 5.74) is 0. The molecular formula is C12H25NO. The van der Waals surface area contributed by atoms with Gasteiger partial charge in [0.15, 0.2) is 0 Å². The predicted molar refractivity (Wildman–Crippen MR) is 60.5 cm³/mol. The highest BCUT2D eigenvalue weighted by Gasteiger charge is 2.25. The van der Waals surface area contributed by atoms with E-state index in [-0.39, 0.29) is 0 Å². The van der Waals surface area contributed by atoms with Gasteiger partial charge >= 0.3 is 0 Å². The first-order valence-corrected chi connectivity index (χ1v) is 5.90. The summed E-state index contributed by atoms with van der Waals surface area (Å²) in [7, 11) is 0. The van der Waals surface area contributed by atoms with Crippen molar-refractivity contribution in [1.29, 1.82) is 0 Å². The van der Waals surface area contributed by atoms with Gasteiger partial charge in [0.05, 0.1) is 12.2 Å². The Labute approximate surface area is 88.4 Å². The lowest BCUT2D eigenvalue weighted by molar-refractivity contribution is -0.0439. The molecule has 0 unspecified atom stereocenters. The summed E-state index contributed by atoms with van der Waals surface area (Å²) in [4.78, 5) is 0. The summed E-state index contributed by atoms with van der Waals surface area (Å²) < 4.78 is 5.72. The normalized spacial score (nSPS) is 36.0. The molecule has 0 amide bonds. The number of hydrogen-bond donors (Lipinski definition) is 1. The summed E-state index contributed by atoms with van der Waals surface area (Å²) in [5.74, 6) is 0.712. The molecule has 0 bridgehead atoms. The zero-order valence-corrected chi connectivity index (χ0v) is 10.2. The summed E-state index contributed by atoms with van der Waals surface area (Å²) in [6.45, 7) is 11.2. The number of nitrogens with one attached hydrogen (secondary N) is 1. The molecule has 0 aromatic rings. The number of ether oxygens (including phenoxy) is 1. The molecule has 0 aliphatic carbocycles. The molecule has 1 aliphatic heterocycles. The van der Waals surface area contributed by atoms with Gasteiger partial charge in [-0.2, -0.15) is 0 Å². The highest BCUT2D eigenvalue weighted by molar-refractivity contribution is 4.81. The van der Waals surface area contributed by atoms with Gasteiger partial charge in [0.2, 0.25) is 0 Å². The molecule has 0 saturated carbocycles. The topological polar surface area (TPSA) is 21.3 Å². The van der Waals surface area contributed by atoms with Crippen LogP contribution in [0.3, 0.4) is 0 Å². The van der Waals surface area contributed by atoms with Crippen molar-refractivity contribution in [2.75, 3.05) is 0 Å². The van der Waals surface area contributed by atoms with Gasteiger partial charge in [-0.15, -0.1) is 0 Å². The smallest absolute Gasteiger partial charge is 0.0565 e. The molecule has 1 saturated heterocycles. The second-order valence-electron chi connectivity index (χ2n) is 5.13. The van der Waals surface area contributed by atoms with Crippen molar-refractivity contribution in [3.8, 4) is 0 Å². The van der Waals surface area contributed by atoms with Crippen LogP contribution in [0.4, 0.5) is 0 Å². The van der Waals surface area contributed by atoms with Gasteiger partial charge in [-0.3, -0.25) is 0 Å². The first kappa shape index (κ1) is 12.0. The minimum atomic E-state index is 0.413. The van der Waals surface area contributed by atoms with Crippen LogP contribution >= 0.6 is 0 Å². The van der Waals surface area contributed by atoms with Crippen LogP contribution in [0.2, 0.25) is 0 Å². The first-order valence-electron chi connectivity index (χ1n) is 5.90. The molecule has 2 nitrogen and oxygen atoms in total. The number of rotatable bonds is 3. The molecule has 14 heavy (non-hydrogen) atoms. The molecule has 1 aliphatic rings. The maximum absolute atomic E-state index is 5.72.